The van der Waals surface area contributed by atoms with Gasteiger partial charge >= 0.3 is 0 Å². The number of thiophene rings is 1. The van der Waals surface area contributed by atoms with Crippen LogP contribution in [0.1, 0.15) is 0 Å². The normalized spacial score (nSPS) is 17.2. The van der Waals surface area contributed by atoms with Gasteiger partial charge in [-0.3, -0.25) is 0 Å². The minimum absolute atomic E-state index is 0.347. The molecule has 0 bridgehead atoms. The van der Waals surface area contributed by atoms with Crippen LogP contribution in [0.5, 0.6) is 0 Å². The van der Waals surface area contributed by atoms with Crippen molar-refractivity contribution in [1.29, 1.82) is 0 Å². The molecule has 1 saturated heterocycles. The maximum absolute atomic E-state index is 12.5. The molecule has 1 fully saturated rings. The number of benzene rings is 1. The molecular weight excluding hydrogens is 294 g/mol. The molecule has 0 N–H and O–H groups in total. The first-order valence-corrected chi connectivity index (χ1v) is 8.72. The molecule has 20 heavy (non-hydrogen) atoms. The second kappa shape index (κ2) is 5.65. The average Bonchev–Trinajstić information content (AvgIpc) is 3.02. The highest BCUT2D eigenvalue weighted by molar-refractivity contribution is 7.89. The summed E-state index contributed by atoms with van der Waals surface area (Å²) in [6.45, 7) is 1.78. The van der Waals surface area contributed by atoms with E-state index in [9.17, 15) is 8.42 Å². The fraction of sp³-hybridized carbons (Fsp3) is 0.286. The zero-order chi connectivity index (χ0) is 14.0. The minimum Gasteiger partial charge on any atom is -0.379 e. The van der Waals surface area contributed by atoms with E-state index in [1.807, 2.05) is 29.6 Å². The van der Waals surface area contributed by atoms with Crippen LogP contribution >= 0.6 is 11.3 Å². The van der Waals surface area contributed by atoms with Gasteiger partial charge in [-0.05, 0) is 29.1 Å². The summed E-state index contributed by atoms with van der Waals surface area (Å²) in [6.07, 6.45) is 0. The molecule has 0 radical (unpaired) electrons. The van der Waals surface area contributed by atoms with E-state index in [-0.39, 0.29) is 0 Å². The number of rotatable bonds is 3. The lowest BCUT2D eigenvalue weighted by atomic mass is 10.2. The molecule has 1 aromatic carbocycles. The molecule has 0 aliphatic carbocycles. The smallest absolute Gasteiger partial charge is 0.243 e. The number of ether oxygens (including phenoxy) is 1. The van der Waals surface area contributed by atoms with Crippen LogP contribution in [0, 0.1) is 0 Å². The van der Waals surface area contributed by atoms with Crippen LogP contribution < -0.4 is 0 Å². The summed E-state index contributed by atoms with van der Waals surface area (Å²) < 4.78 is 31.6. The first-order chi connectivity index (χ1) is 9.68. The standard InChI is InChI=1S/C14H15NO3S2/c16-20(17,15-7-9-18-10-8-15)13-5-3-12(4-6-13)14-2-1-11-19-14/h1-6,11H,7-10H2. The van der Waals surface area contributed by atoms with Crippen LogP contribution in [-0.2, 0) is 14.8 Å². The molecule has 0 amide bonds. The monoisotopic (exact) mass is 309 g/mol. The van der Waals surface area contributed by atoms with Crippen molar-refractivity contribution in [3.63, 3.8) is 0 Å². The van der Waals surface area contributed by atoms with Crippen LogP contribution in [0.2, 0.25) is 0 Å². The molecule has 0 unspecified atom stereocenters. The first kappa shape index (κ1) is 13.8. The van der Waals surface area contributed by atoms with Crippen molar-refractivity contribution in [1.82, 2.24) is 4.31 Å². The van der Waals surface area contributed by atoms with Crippen LogP contribution in [0.3, 0.4) is 0 Å². The zero-order valence-corrected chi connectivity index (χ0v) is 12.5. The molecule has 0 saturated carbocycles. The fourth-order valence-electron chi connectivity index (χ4n) is 2.17. The van der Waals surface area contributed by atoms with Crippen LogP contribution in [-0.4, -0.2) is 39.0 Å². The summed E-state index contributed by atoms with van der Waals surface area (Å²) in [7, 11) is -3.39. The van der Waals surface area contributed by atoms with Crippen LogP contribution in [0.25, 0.3) is 10.4 Å². The molecule has 1 aliphatic rings. The molecule has 1 aliphatic heterocycles. The molecule has 2 heterocycles. The Kier molecular flexibility index (Phi) is 3.89. The van der Waals surface area contributed by atoms with Crippen molar-refractivity contribution in [2.45, 2.75) is 4.90 Å². The Bertz CT molecular complexity index is 657. The third-order valence-corrected chi connectivity index (χ3v) is 6.10. The lowest BCUT2D eigenvalue weighted by molar-refractivity contribution is 0.0730. The highest BCUT2D eigenvalue weighted by Crippen LogP contribution is 2.26. The highest BCUT2D eigenvalue weighted by Gasteiger charge is 2.26. The quantitative estimate of drug-likeness (QED) is 0.875. The van der Waals surface area contributed by atoms with E-state index in [1.54, 1.807) is 23.5 Å². The maximum Gasteiger partial charge on any atom is 0.243 e. The second-order valence-corrected chi connectivity index (χ2v) is 7.40. The SMILES string of the molecule is O=S(=O)(c1ccc(-c2cccs2)cc1)N1CCOCC1. The molecule has 106 valence electrons. The Morgan fingerprint density at radius 2 is 1.75 bits per heavy atom. The maximum atomic E-state index is 12.5. The zero-order valence-electron chi connectivity index (χ0n) is 10.9. The minimum atomic E-state index is -3.39. The second-order valence-electron chi connectivity index (χ2n) is 4.52. The van der Waals surface area contributed by atoms with Crippen molar-refractivity contribution in [2.75, 3.05) is 26.3 Å². The van der Waals surface area contributed by atoms with E-state index in [0.29, 0.717) is 31.2 Å². The summed E-state index contributed by atoms with van der Waals surface area (Å²) in [5.74, 6) is 0. The molecule has 4 nitrogen and oxygen atoms in total. The Hall–Kier alpha value is -1.21. The Morgan fingerprint density at radius 3 is 2.35 bits per heavy atom. The summed E-state index contributed by atoms with van der Waals surface area (Å²) in [5, 5.41) is 2.01. The van der Waals surface area contributed by atoms with Gasteiger partial charge in [0.25, 0.3) is 0 Å². The first-order valence-electron chi connectivity index (χ1n) is 6.40. The third-order valence-electron chi connectivity index (χ3n) is 3.27. The van der Waals surface area contributed by atoms with E-state index in [4.69, 9.17) is 4.74 Å². The molecule has 0 spiro atoms. The molecule has 0 atom stereocenters. The predicted molar refractivity (Wildman–Crippen MR) is 79.3 cm³/mol. The summed E-state index contributed by atoms with van der Waals surface area (Å²) in [6, 6.07) is 11.1. The fourth-order valence-corrected chi connectivity index (χ4v) is 4.31. The van der Waals surface area contributed by atoms with Gasteiger partial charge in [-0.2, -0.15) is 4.31 Å². The Labute approximate surface area is 122 Å². The van der Waals surface area contributed by atoms with Gasteiger partial charge in [-0.1, -0.05) is 18.2 Å². The van der Waals surface area contributed by atoms with Crippen molar-refractivity contribution in [3.05, 3.63) is 41.8 Å². The molecule has 6 heteroatoms. The topological polar surface area (TPSA) is 46.6 Å². The van der Waals surface area contributed by atoms with E-state index in [2.05, 4.69) is 0 Å². The molecule has 1 aromatic heterocycles. The molecule has 2 aromatic rings. The predicted octanol–water partition coefficient (Wildman–Crippen LogP) is 2.44. The van der Waals surface area contributed by atoms with Crippen molar-refractivity contribution in [2.24, 2.45) is 0 Å². The van der Waals surface area contributed by atoms with Crippen molar-refractivity contribution >= 4 is 21.4 Å². The molecular formula is C14H15NO3S2. The van der Waals surface area contributed by atoms with E-state index < -0.39 is 10.0 Å². The van der Waals surface area contributed by atoms with E-state index >= 15 is 0 Å². The number of hydrogen-bond acceptors (Lipinski definition) is 4. The lowest BCUT2D eigenvalue weighted by Gasteiger charge is -2.26. The van der Waals surface area contributed by atoms with Gasteiger partial charge in [0.15, 0.2) is 0 Å². The van der Waals surface area contributed by atoms with Gasteiger partial charge in [0.05, 0.1) is 18.1 Å². The number of morpholine rings is 1. The van der Waals surface area contributed by atoms with Gasteiger partial charge in [-0.25, -0.2) is 8.42 Å². The van der Waals surface area contributed by atoms with Gasteiger partial charge in [0.1, 0.15) is 0 Å². The Balaban J connectivity index is 1.87. The number of hydrogen-bond donors (Lipinski definition) is 0. The van der Waals surface area contributed by atoms with E-state index in [0.717, 1.165) is 10.4 Å². The van der Waals surface area contributed by atoms with Gasteiger partial charge in [0, 0.05) is 18.0 Å². The highest BCUT2D eigenvalue weighted by atomic mass is 32.2. The summed E-state index contributed by atoms with van der Waals surface area (Å²) in [4.78, 5) is 1.49. The van der Waals surface area contributed by atoms with Crippen molar-refractivity contribution < 1.29 is 13.2 Å². The van der Waals surface area contributed by atoms with Crippen LogP contribution in [0.4, 0.5) is 0 Å². The largest absolute Gasteiger partial charge is 0.379 e. The Morgan fingerprint density at radius 1 is 1.05 bits per heavy atom. The van der Waals surface area contributed by atoms with E-state index in [1.165, 1.54) is 4.31 Å². The van der Waals surface area contributed by atoms with Gasteiger partial charge < -0.3 is 4.74 Å². The molecule has 3 rings (SSSR count). The number of sulfonamides is 1. The summed E-state index contributed by atoms with van der Waals surface area (Å²) >= 11 is 1.64. The third kappa shape index (κ3) is 2.64. The van der Waals surface area contributed by atoms with Gasteiger partial charge in [-0.15, -0.1) is 11.3 Å². The average molecular weight is 309 g/mol. The van der Waals surface area contributed by atoms with Crippen molar-refractivity contribution in [3.8, 4) is 10.4 Å². The number of nitrogens with zero attached hydrogens (tertiary/aromatic N) is 1. The lowest BCUT2D eigenvalue weighted by Crippen LogP contribution is -2.40. The van der Waals surface area contributed by atoms with Crippen LogP contribution in [0.15, 0.2) is 46.7 Å². The van der Waals surface area contributed by atoms with Gasteiger partial charge in [0.2, 0.25) is 10.0 Å². The summed E-state index contributed by atoms with van der Waals surface area (Å²) in [5.41, 5.74) is 1.04.